The highest BCUT2D eigenvalue weighted by atomic mass is 32.2. The van der Waals surface area contributed by atoms with Crippen LogP contribution in [-0.4, -0.2) is 18.0 Å². The van der Waals surface area contributed by atoms with E-state index in [1.165, 1.54) is 29.8 Å². The van der Waals surface area contributed by atoms with Gasteiger partial charge in [-0.05, 0) is 37.3 Å². The standard InChI is InChI=1S/C18H15N3O4S/c1-11-9-15(13-5-3-4-6-14(13)19-11)20-26(23,24)12-7-8-17-16(10-12)21(2)18(22)25-17/h3-10H,1-2H3,(H,19,20). The molecule has 0 spiro atoms. The van der Waals surface area contributed by atoms with Crippen LogP contribution in [0.4, 0.5) is 5.69 Å². The van der Waals surface area contributed by atoms with Crippen LogP contribution in [0.1, 0.15) is 5.69 Å². The summed E-state index contributed by atoms with van der Waals surface area (Å²) in [6, 6.07) is 13.3. The molecular weight excluding hydrogens is 354 g/mol. The Hall–Kier alpha value is -3.13. The van der Waals surface area contributed by atoms with Crippen LogP contribution in [0.2, 0.25) is 0 Å². The van der Waals surface area contributed by atoms with Crippen LogP contribution in [0.15, 0.2) is 62.6 Å². The number of nitrogens with one attached hydrogen (secondary N) is 1. The van der Waals surface area contributed by atoms with E-state index in [2.05, 4.69) is 9.71 Å². The lowest BCUT2D eigenvalue weighted by atomic mass is 10.2. The monoisotopic (exact) mass is 369 g/mol. The molecule has 0 atom stereocenters. The first-order chi connectivity index (χ1) is 12.3. The molecule has 0 aliphatic rings. The van der Waals surface area contributed by atoms with Gasteiger partial charge >= 0.3 is 5.76 Å². The number of pyridine rings is 1. The Balaban J connectivity index is 1.83. The number of aromatic nitrogens is 2. The van der Waals surface area contributed by atoms with Crippen LogP contribution >= 0.6 is 0 Å². The second kappa shape index (κ2) is 5.70. The van der Waals surface area contributed by atoms with Gasteiger partial charge in [0.2, 0.25) is 0 Å². The molecule has 4 aromatic rings. The van der Waals surface area contributed by atoms with Crippen molar-refractivity contribution in [3.8, 4) is 0 Å². The van der Waals surface area contributed by atoms with Gasteiger partial charge in [0.15, 0.2) is 5.58 Å². The molecule has 0 radical (unpaired) electrons. The second-order valence-corrected chi connectivity index (χ2v) is 7.67. The Labute approximate surface area is 148 Å². The number of aryl methyl sites for hydroxylation is 2. The molecule has 4 rings (SSSR count). The highest BCUT2D eigenvalue weighted by Gasteiger charge is 2.18. The van der Waals surface area contributed by atoms with Crippen LogP contribution in [0.25, 0.3) is 22.0 Å². The van der Waals surface area contributed by atoms with E-state index in [4.69, 9.17) is 4.42 Å². The second-order valence-electron chi connectivity index (χ2n) is 5.99. The Morgan fingerprint density at radius 2 is 1.88 bits per heavy atom. The number of anilines is 1. The Morgan fingerprint density at radius 3 is 2.69 bits per heavy atom. The number of benzene rings is 2. The van der Waals surface area contributed by atoms with Crippen molar-refractivity contribution in [3.63, 3.8) is 0 Å². The molecule has 0 bridgehead atoms. The first-order valence-electron chi connectivity index (χ1n) is 7.84. The SMILES string of the molecule is Cc1cc(NS(=O)(=O)c2ccc3oc(=O)n(C)c3c2)c2ccccc2n1. The van der Waals surface area contributed by atoms with Gasteiger partial charge in [-0.1, -0.05) is 18.2 Å². The lowest BCUT2D eigenvalue weighted by Gasteiger charge is -2.11. The number of rotatable bonds is 3. The van der Waals surface area contributed by atoms with Gasteiger partial charge in [-0.3, -0.25) is 14.3 Å². The zero-order valence-corrected chi connectivity index (χ0v) is 14.9. The maximum atomic E-state index is 12.9. The Kier molecular flexibility index (Phi) is 3.58. The van der Waals surface area contributed by atoms with E-state index < -0.39 is 15.8 Å². The summed E-state index contributed by atoms with van der Waals surface area (Å²) in [4.78, 5) is 16.0. The van der Waals surface area contributed by atoms with Crippen molar-refractivity contribution in [2.24, 2.45) is 7.05 Å². The quantitative estimate of drug-likeness (QED) is 0.599. The molecule has 0 aliphatic heterocycles. The van der Waals surface area contributed by atoms with Crippen LogP contribution in [-0.2, 0) is 17.1 Å². The first kappa shape index (κ1) is 16.3. The van der Waals surface area contributed by atoms with Crippen LogP contribution in [0.3, 0.4) is 0 Å². The summed E-state index contributed by atoms with van der Waals surface area (Å²) in [6.07, 6.45) is 0. The average molecular weight is 369 g/mol. The molecule has 8 heteroatoms. The third-order valence-corrected chi connectivity index (χ3v) is 5.52. The minimum Gasteiger partial charge on any atom is -0.408 e. The summed E-state index contributed by atoms with van der Waals surface area (Å²) in [7, 11) is -2.33. The van der Waals surface area contributed by atoms with Gasteiger partial charge in [0.1, 0.15) is 0 Å². The molecule has 0 saturated heterocycles. The minimum absolute atomic E-state index is 0.0416. The summed E-state index contributed by atoms with van der Waals surface area (Å²) in [5, 5.41) is 0.707. The zero-order valence-electron chi connectivity index (χ0n) is 14.1. The number of nitrogens with zero attached hydrogens (tertiary/aromatic N) is 2. The fourth-order valence-electron chi connectivity index (χ4n) is 2.87. The molecule has 26 heavy (non-hydrogen) atoms. The zero-order chi connectivity index (χ0) is 18.5. The Bertz CT molecular complexity index is 1320. The number of para-hydroxylation sites is 1. The van der Waals surface area contributed by atoms with Crippen molar-refractivity contribution in [1.29, 1.82) is 0 Å². The molecule has 0 aliphatic carbocycles. The van der Waals surface area contributed by atoms with Gasteiger partial charge < -0.3 is 4.42 Å². The predicted molar refractivity (Wildman–Crippen MR) is 98.7 cm³/mol. The summed E-state index contributed by atoms with van der Waals surface area (Å²) in [6.45, 7) is 1.80. The maximum absolute atomic E-state index is 12.9. The minimum atomic E-state index is -3.86. The number of oxazole rings is 1. The topological polar surface area (TPSA) is 94.2 Å². The van der Waals surface area contributed by atoms with E-state index >= 15 is 0 Å². The lowest BCUT2D eigenvalue weighted by molar-refractivity contribution is 0.528. The Morgan fingerprint density at radius 1 is 1.12 bits per heavy atom. The van der Waals surface area contributed by atoms with Crippen LogP contribution in [0.5, 0.6) is 0 Å². The van der Waals surface area contributed by atoms with Crippen molar-refractivity contribution < 1.29 is 12.8 Å². The number of hydrogen-bond donors (Lipinski definition) is 1. The van der Waals surface area contributed by atoms with Crippen molar-refractivity contribution in [3.05, 3.63) is 64.8 Å². The lowest BCUT2D eigenvalue weighted by Crippen LogP contribution is -2.14. The third-order valence-electron chi connectivity index (χ3n) is 4.16. The molecule has 0 fully saturated rings. The third kappa shape index (κ3) is 2.64. The molecule has 2 aromatic heterocycles. The van der Waals surface area contributed by atoms with Crippen molar-refractivity contribution in [2.75, 3.05) is 4.72 Å². The van der Waals surface area contributed by atoms with E-state index in [1.54, 1.807) is 13.0 Å². The van der Waals surface area contributed by atoms with Crippen molar-refractivity contribution in [1.82, 2.24) is 9.55 Å². The van der Waals surface area contributed by atoms with E-state index in [1.807, 2.05) is 24.3 Å². The first-order valence-corrected chi connectivity index (χ1v) is 9.32. The number of fused-ring (bicyclic) bond motifs is 2. The summed E-state index contributed by atoms with van der Waals surface area (Å²) in [5.41, 5.74) is 2.61. The fourth-order valence-corrected chi connectivity index (χ4v) is 3.96. The van der Waals surface area contributed by atoms with Gasteiger partial charge in [0.25, 0.3) is 10.0 Å². The average Bonchev–Trinajstić information content (AvgIpc) is 2.88. The molecule has 1 N–H and O–H groups in total. The predicted octanol–water partition coefficient (Wildman–Crippen LogP) is 2.79. The smallest absolute Gasteiger partial charge is 0.408 e. The van der Waals surface area contributed by atoms with E-state index in [-0.39, 0.29) is 4.90 Å². The molecule has 2 heterocycles. The van der Waals surface area contributed by atoms with Gasteiger partial charge in [-0.2, -0.15) is 0 Å². The van der Waals surface area contributed by atoms with Gasteiger partial charge in [-0.25, -0.2) is 13.2 Å². The summed E-state index contributed by atoms with van der Waals surface area (Å²) in [5.74, 6) is -0.543. The highest BCUT2D eigenvalue weighted by Crippen LogP contribution is 2.26. The van der Waals surface area contributed by atoms with Gasteiger partial charge in [-0.15, -0.1) is 0 Å². The van der Waals surface area contributed by atoms with Crippen LogP contribution < -0.4 is 10.5 Å². The normalized spacial score (nSPS) is 11.9. The molecule has 7 nitrogen and oxygen atoms in total. The van der Waals surface area contributed by atoms with E-state index in [0.717, 1.165) is 0 Å². The van der Waals surface area contributed by atoms with E-state index in [0.29, 0.717) is 33.4 Å². The molecule has 0 unspecified atom stereocenters. The number of sulfonamides is 1. The van der Waals surface area contributed by atoms with Crippen molar-refractivity contribution >= 4 is 37.7 Å². The van der Waals surface area contributed by atoms with Gasteiger partial charge in [0, 0.05) is 18.1 Å². The van der Waals surface area contributed by atoms with Gasteiger partial charge in [0.05, 0.1) is 21.6 Å². The van der Waals surface area contributed by atoms with Crippen molar-refractivity contribution in [2.45, 2.75) is 11.8 Å². The van der Waals surface area contributed by atoms with Crippen LogP contribution in [0, 0.1) is 6.92 Å². The maximum Gasteiger partial charge on any atom is 0.419 e. The van der Waals surface area contributed by atoms with E-state index in [9.17, 15) is 13.2 Å². The highest BCUT2D eigenvalue weighted by molar-refractivity contribution is 7.92. The molecule has 132 valence electrons. The summed E-state index contributed by atoms with van der Waals surface area (Å²) >= 11 is 0. The molecule has 0 amide bonds. The summed E-state index contributed by atoms with van der Waals surface area (Å²) < 4.78 is 34.7. The molecule has 0 saturated carbocycles. The molecular formula is C18H15N3O4S. The largest absolute Gasteiger partial charge is 0.419 e. The fraction of sp³-hybridized carbons (Fsp3) is 0.111. The molecule has 2 aromatic carbocycles. The number of hydrogen-bond acceptors (Lipinski definition) is 5.